The van der Waals surface area contributed by atoms with E-state index in [1.54, 1.807) is 29.5 Å². The Hall–Kier alpha value is -2.71. The van der Waals surface area contributed by atoms with Crippen LogP contribution in [-0.2, 0) is 20.7 Å². The van der Waals surface area contributed by atoms with E-state index in [-0.39, 0.29) is 13.0 Å². The number of esters is 1. The van der Waals surface area contributed by atoms with Crippen molar-refractivity contribution in [2.24, 2.45) is 0 Å². The Morgan fingerprint density at radius 1 is 1.30 bits per heavy atom. The molecule has 0 aliphatic rings. The molecule has 0 bridgehead atoms. The minimum absolute atomic E-state index is 0.270. The normalized spacial score (nSPS) is 10.6. The van der Waals surface area contributed by atoms with E-state index in [9.17, 15) is 9.59 Å². The van der Waals surface area contributed by atoms with E-state index >= 15 is 0 Å². The highest BCUT2D eigenvalue weighted by Gasteiger charge is 2.12. The quantitative estimate of drug-likeness (QED) is 0.581. The molecule has 3 aromatic rings. The maximum atomic E-state index is 12.1. The first-order chi connectivity index (χ1) is 13.1. The number of hydrogen-bond donors (Lipinski definition) is 1. The fraction of sp³-hybridized carbons (Fsp3) is 0.222. The fourth-order valence-electron chi connectivity index (χ4n) is 2.41. The number of thiophene rings is 1. The Labute approximate surface area is 164 Å². The van der Waals surface area contributed by atoms with Crippen LogP contribution >= 0.6 is 22.9 Å². The highest BCUT2D eigenvalue weighted by molar-refractivity contribution is 7.09. The van der Waals surface area contributed by atoms with Gasteiger partial charge in [-0.1, -0.05) is 17.7 Å². The van der Waals surface area contributed by atoms with Crippen LogP contribution in [0, 0.1) is 0 Å². The summed E-state index contributed by atoms with van der Waals surface area (Å²) < 4.78 is 6.54. The smallest absolute Gasteiger partial charge is 0.306 e. The first-order valence-corrected chi connectivity index (χ1v) is 9.50. The van der Waals surface area contributed by atoms with E-state index in [0.29, 0.717) is 22.8 Å². The number of halogens is 1. The zero-order valence-corrected chi connectivity index (χ0v) is 15.9. The van der Waals surface area contributed by atoms with Crippen molar-refractivity contribution in [1.82, 2.24) is 14.8 Å². The zero-order valence-electron chi connectivity index (χ0n) is 14.3. The summed E-state index contributed by atoms with van der Waals surface area (Å²) in [5.41, 5.74) is 1.05. The molecule has 27 heavy (non-hydrogen) atoms. The van der Waals surface area contributed by atoms with Gasteiger partial charge in [0.1, 0.15) is 12.7 Å². The number of aromatic nitrogens is 3. The second-order valence-corrected chi connectivity index (χ2v) is 7.11. The standard InChI is InChI=1S/C18H17ClN4O3S/c19-13-6-7-16(23-12-20-11-21-23)15(9-13)22-17(24)10-26-18(25)5-1-3-14-4-2-8-27-14/h2,4,6-9,11-12H,1,3,5,10H2,(H,22,24). The molecule has 1 amide bonds. The third-order valence-corrected chi connectivity index (χ3v) is 4.82. The van der Waals surface area contributed by atoms with E-state index in [1.807, 2.05) is 17.5 Å². The molecule has 0 fully saturated rings. The van der Waals surface area contributed by atoms with Gasteiger partial charge in [0.2, 0.25) is 0 Å². The van der Waals surface area contributed by atoms with Crippen LogP contribution in [0.3, 0.4) is 0 Å². The lowest BCUT2D eigenvalue weighted by Crippen LogP contribution is -2.21. The van der Waals surface area contributed by atoms with Crippen LogP contribution in [-0.4, -0.2) is 33.2 Å². The minimum atomic E-state index is -0.453. The monoisotopic (exact) mass is 404 g/mol. The Morgan fingerprint density at radius 2 is 2.19 bits per heavy atom. The van der Waals surface area contributed by atoms with Gasteiger partial charge in [-0.05, 0) is 42.5 Å². The molecule has 0 spiro atoms. The number of hydrogen-bond acceptors (Lipinski definition) is 6. The van der Waals surface area contributed by atoms with Crippen molar-refractivity contribution in [2.45, 2.75) is 19.3 Å². The summed E-state index contributed by atoms with van der Waals surface area (Å²) in [4.78, 5) is 29.0. The van der Waals surface area contributed by atoms with Crippen LogP contribution in [0.25, 0.3) is 5.69 Å². The van der Waals surface area contributed by atoms with Gasteiger partial charge in [-0.2, -0.15) is 5.10 Å². The molecule has 2 aromatic heterocycles. The lowest BCUT2D eigenvalue weighted by Gasteiger charge is -2.11. The molecule has 2 heterocycles. The number of anilines is 1. The predicted molar refractivity (Wildman–Crippen MR) is 103 cm³/mol. The van der Waals surface area contributed by atoms with Gasteiger partial charge in [0.15, 0.2) is 6.61 Å². The van der Waals surface area contributed by atoms with E-state index in [1.165, 1.54) is 22.2 Å². The molecule has 0 saturated carbocycles. The number of aryl methyl sites for hydroxylation is 1. The van der Waals surface area contributed by atoms with Gasteiger partial charge in [0.05, 0.1) is 11.4 Å². The van der Waals surface area contributed by atoms with E-state index in [0.717, 1.165) is 6.42 Å². The number of carbonyl (C=O) groups is 2. The van der Waals surface area contributed by atoms with Crippen molar-refractivity contribution in [2.75, 3.05) is 11.9 Å². The molecule has 140 valence electrons. The van der Waals surface area contributed by atoms with E-state index in [4.69, 9.17) is 16.3 Å². The maximum absolute atomic E-state index is 12.1. The van der Waals surface area contributed by atoms with Gasteiger partial charge in [-0.15, -0.1) is 11.3 Å². The third kappa shape index (κ3) is 5.63. The van der Waals surface area contributed by atoms with E-state index in [2.05, 4.69) is 15.4 Å². The van der Waals surface area contributed by atoms with Crippen LogP contribution in [0.1, 0.15) is 17.7 Å². The molecule has 7 nitrogen and oxygen atoms in total. The number of amides is 1. The van der Waals surface area contributed by atoms with Crippen LogP contribution in [0.5, 0.6) is 0 Å². The van der Waals surface area contributed by atoms with Gasteiger partial charge < -0.3 is 10.1 Å². The Balaban J connectivity index is 1.49. The number of carbonyl (C=O) groups excluding carboxylic acids is 2. The lowest BCUT2D eigenvalue weighted by molar-refractivity contribution is -0.147. The largest absolute Gasteiger partial charge is 0.456 e. The number of nitrogens with one attached hydrogen (secondary N) is 1. The van der Waals surface area contributed by atoms with E-state index < -0.39 is 11.9 Å². The third-order valence-electron chi connectivity index (χ3n) is 3.65. The molecular weight excluding hydrogens is 388 g/mol. The predicted octanol–water partition coefficient (Wildman–Crippen LogP) is 3.49. The van der Waals surface area contributed by atoms with Crippen molar-refractivity contribution in [3.63, 3.8) is 0 Å². The maximum Gasteiger partial charge on any atom is 0.306 e. The molecule has 3 rings (SSSR count). The molecule has 0 aliphatic carbocycles. The first-order valence-electron chi connectivity index (χ1n) is 8.24. The summed E-state index contributed by atoms with van der Waals surface area (Å²) >= 11 is 7.66. The van der Waals surface area contributed by atoms with Gasteiger partial charge in [0, 0.05) is 16.3 Å². The van der Waals surface area contributed by atoms with Gasteiger partial charge in [-0.3, -0.25) is 9.59 Å². The van der Waals surface area contributed by atoms with Crippen molar-refractivity contribution < 1.29 is 14.3 Å². The van der Waals surface area contributed by atoms with Gasteiger partial charge in [-0.25, -0.2) is 9.67 Å². The molecule has 9 heteroatoms. The lowest BCUT2D eigenvalue weighted by atomic mass is 10.2. The highest BCUT2D eigenvalue weighted by Crippen LogP contribution is 2.23. The van der Waals surface area contributed by atoms with Crippen LogP contribution < -0.4 is 5.32 Å². The molecule has 0 radical (unpaired) electrons. The summed E-state index contributed by atoms with van der Waals surface area (Å²) in [5.74, 6) is -0.852. The van der Waals surface area contributed by atoms with Crippen LogP contribution in [0.4, 0.5) is 5.69 Å². The summed E-state index contributed by atoms with van der Waals surface area (Å²) in [6.45, 7) is -0.360. The second-order valence-electron chi connectivity index (χ2n) is 5.64. The molecule has 0 saturated heterocycles. The summed E-state index contributed by atoms with van der Waals surface area (Å²) in [6.07, 6.45) is 4.67. The SMILES string of the molecule is O=C(COC(=O)CCCc1cccs1)Nc1cc(Cl)ccc1-n1cncn1. The number of ether oxygens (including phenoxy) is 1. The van der Waals surface area contributed by atoms with Crippen molar-refractivity contribution in [3.05, 3.63) is 58.3 Å². The van der Waals surface area contributed by atoms with Crippen molar-refractivity contribution in [3.8, 4) is 5.69 Å². The zero-order chi connectivity index (χ0) is 19.1. The number of nitrogens with zero attached hydrogens (tertiary/aromatic N) is 3. The van der Waals surface area contributed by atoms with Crippen molar-refractivity contribution >= 4 is 40.5 Å². The Bertz CT molecular complexity index is 897. The Morgan fingerprint density at radius 3 is 2.93 bits per heavy atom. The van der Waals surface area contributed by atoms with Crippen LogP contribution in [0.2, 0.25) is 5.02 Å². The average Bonchev–Trinajstić information content (AvgIpc) is 3.34. The molecular formula is C18H17ClN4O3S. The first kappa shape index (κ1) is 19.1. The molecule has 1 aromatic carbocycles. The summed E-state index contributed by atoms with van der Waals surface area (Å²) in [7, 11) is 0. The van der Waals surface area contributed by atoms with Crippen molar-refractivity contribution in [1.29, 1.82) is 0 Å². The number of rotatable bonds is 8. The molecule has 0 unspecified atom stereocenters. The summed E-state index contributed by atoms with van der Waals surface area (Å²) in [5, 5.41) is 9.19. The molecule has 0 atom stereocenters. The number of benzene rings is 1. The van der Waals surface area contributed by atoms with Gasteiger partial charge >= 0.3 is 5.97 Å². The topological polar surface area (TPSA) is 86.1 Å². The van der Waals surface area contributed by atoms with Gasteiger partial charge in [0.25, 0.3) is 5.91 Å². The Kier molecular flexibility index (Phi) is 6.56. The minimum Gasteiger partial charge on any atom is -0.456 e. The second kappa shape index (κ2) is 9.29. The highest BCUT2D eigenvalue weighted by atomic mass is 35.5. The molecule has 1 N–H and O–H groups in total. The average molecular weight is 405 g/mol. The molecule has 0 aliphatic heterocycles. The summed E-state index contributed by atoms with van der Waals surface area (Å²) in [6, 6.07) is 9.00. The van der Waals surface area contributed by atoms with Crippen LogP contribution in [0.15, 0.2) is 48.4 Å². The fourth-order valence-corrected chi connectivity index (χ4v) is 3.33.